The molecule has 0 bridgehead atoms. The number of nitrogens with zero attached hydrogens (tertiary/aromatic N) is 2. The van der Waals surface area contributed by atoms with E-state index in [4.69, 9.17) is 4.74 Å². The van der Waals surface area contributed by atoms with E-state index in [1.807, 2.05) is 50.4 Å². The van der Waals surface area contributed by atoms with Gasteiger partial charge in [0.05, 0.1) is 24.4 Å². The summed E-state index contributed by atoms with van der Waals surface area (Å²) in [7, 11) is 0. The average Bonchev–Trinajstić information content (AvgIpc) is 2.96. The smallest absolute Gasteiger partial charge is 0.224 e. The summed E-state index contributed by atoms with van der Waals surface area (Å²) in [5, 5.41) is 7.18. The molecule has 2 aromatic rings. The van der Waals surface area contributed by atoms with E-state index in [1.54, 1.807) is 10.9 Å². The van der Waals surface area contributed by atoms with Gasteiger partial charge in [-0.3, -0.25) is 4.79 Å². The topological polar surface area (TPSA) is 56.1 Å². The minimum Gasteiger partial charge on any atom is -0.379 e. The van der Waals surface area contributed by atoms with E-state index in [0.29, 0.717) is 19.6 Å². The standard InChI is InChI=1S/C17H23N3O2/c1-14(2)22-10-6-9-18-17(21)11-15-12-19-20(13-15)16-7-4-3-5-8-16/h3-5,7-8,12-14H,6,9-11H2,1-2H3,(H,18,21). The molecule has 5 heteroatoms. The molecule has 0 unspecified atom stereocenters. The molecule has 0 aliphatic heterocycles. The highest BCUT2D eigenvalue weighted by atomic mass is 16.5. The normalized spacial score (nSPS) is 10.9. The Hall–Kier alpha value is -2.14. The number of rotatable bonds is 8. The predicted octanol–water partition coefficient (Wildman–Crippen LogP) is 2.35. The van der Waals surface area contributed by atoms with Gasteiger partial charge in [0.2, 0.25) is 5.91 Å². The molecule has 0 aliphatic rings. The molecule has 0 saturated carbocycles. The van der Waals surface area contributed by atoms with E-state index in [9.17, 15) is 4.79 Å². The van der Waals surface area contributed by atoms with Crippen molar-refractivity contribution >= 4 is 5.91 Å². The molecule has 0 radical (unpaired) electrons. The second-order valence-corrected chi connectivity index (χ2v) is 5.43. The zero-order chi connectivity index (χ0) is 15.8. The summed E-state index contributed by atoms with van der Waals surface area (Å²) >= 11 is 0. The first-order valence-electron chi connectivity index (χ1n) is 7.62. The number of aromatic nitrogens is 2. The van der Waals surface area contributed by atoms with Gasteiger partial charge in [-0.15, -0.1) is 0 Å². The van der Waals surface area contributed by atoms with Crippen LogP contribution in [-0.4, -0.2) is 34.9 Å². The Balaban J connectivity index is 1.74. The lowest BCUT2D eigenvalue weighted by Crippen LogP contribution is -2.27. The van der Waals surface area contributed by atoms with Crippen molar-refractivity contribution in [2.75, 3.05) is 13.2 Å². The number of amides is 1. The first kappa shape index (κ1) is 16.2. The third-order valence-corrected chi connectivity index (χ3v) is 3.12. The number of carbonyl (C=O) groups excluding carboxylic acids is 1. The number of para-hydroxylation sites is 1. The Labute approximate surface area is 131 Å². The maximum Gasteiger partial charge on any atom is 0.224 e. The molecule has 5 nitrogen and oxygen atoms in total. The van der Waals surface area contributed by atoms with E-state index in [-0.39, 0.29) is 12.0 Å². The molecule has 0 saturated heterocycles. The van der Waals surface area contributed by atoms with Crippen molar-refractivity contribution in [1.82, 2.24) is 15.1 Å². The van der Waals surface area contributed by atoms with E-state index in [2.05, 4.69) is 10.4 Å². The SMILES string of the molecule is CC(C)OCCCNC(=O)Cc1cnn(-c2ccccc2)c1. The summed E-state index contributed by atoms with van der Waals surface area (Å²) < 4.78 is 7.21. The summed E-state index contributed by atoms with van der Waals surface area (Å²) in [6.07, 6.45) is 5.02. The van der Waals surface area contributed by atoms with Gasteiger partial charge >= 0.3 is 0 Å². The van der Waals surface area contributed by atoms with Crippen LogP contribution in [0, 0.1) is 0 Å². The van der Waals surface area contributed by atoms with Crippen LogP contribution in [0.3, 0.4) is 0 Å². The van der Waals surface area contributed by atoms with Crippen molar-refractivity contribution in [3.05, 3.63) is 48.3 Å². The molecular weight excluding hydrogens is 278 g/mol. The van der Waals surface area contributed by atoms with E-state index in [0.717, 1.165) is 17.7 Å². The largest absolute Gasteiger partial charge is 0.379 e. The lowest BCUT2D eigenvalue weighted by Gasteiger charge is -2.07. The van der Waals surface area contributed by atoms with Gasteiger partial charge in [-0.05, 0) is 38.0 Å². The van der Waals surface area contributed by atoms with Gasteiger partial charge in [-0.25, -0.2) is 4.68 Å². The number of nitrogens with one attached hydrogen (secondary N) is 1. The van der Waals surface area contributed by atoms with Crippen molar-refractivity contribution in [1.29, 1.82) is 0 Å². The summed E-state index contributed by atoms with van der Waals surface area (Å²) in [4.78, 5) is 11.9. The highest BCUT2D eigenvalue weighted by Gasteiger charge is 2.06. The molecule has 0 spiro atoms. The lowest BCUT2D eigenvalue weighted by atomic mass is 10.2. The Kier molecular flexibility index (Phi) is 6.15. The van der Waals surface area contributed by atoms with Crippen LogP contribution in [0.15, 0.2) is 42.7 Å². The van der Waals surface area contributed by atoms with Crippen LogP contribution in [0.1, 0.15) is 25.8 Å². The summed E-state index contributed by atoms with van der Waals surface area (Å²) in [6.45, 7) is 5.31. The third kappa shape index (κ3) is 5.33. The van der Waals surface area contributed by atoms with E-state index < -0.39 is 0 Å². The molecule has 1 heterocycles. The Morgan fingerprint density at radius 3 is 2.82 bits per heavy atom. The second-order valence-electron chi connectivity index (χ2n) is 5.43. The fourth-order valence-corrected chi connectivity index (χ4v) is 2.04. The molecule has 22 heavy (non-hydrogen) atoms. The van der Waals surface area contributed by atoms with E-state index >= 15 is 0 Å². The van der Waals surface area contributed by atoms with Crippen LogP contribution >= 0.6 is 0 Å². The summed E-state index contributed by atoms with van der Waals surface area (Å²) in [5.41, 5.74) is 1.89. The fourth-order valence-electron chi connectivity index (χ4n) is 2.04. The number of hydrogen-bond donors (Lipinski definition) is 1. The van der Waals surface area contributed by atoms with Gasteiger partial charge in [0.15, 0.2) is 0 Å². The minimum atomic E-state index is 0.0113. The van der Waals surface area contributed by atoms with Crippen molar-refractivity contribution < 1.29 is 9.53 Å². The van der Waals surface area contributed by atoms with Crippen LogP contribution in [0.2, 0.25) is 0 Å². The Morgan fingerprint density at radius 1 is 1.32 bits per heavy atom. The Bertz CT molecular complexity index is 579. The number of carbonyl (C=O) groups is 1. The molecule has 1 aromatic heterocycles. The molecule has 1 aromatic carbocycles. The highest BCUT2D eigenvalue weighted by molar-refractivity contribution is 5.78. The van der Waals surface area contributed by atoms with Crippen molar-refractivity contribution in [2.24, 2.45) is 0 Å². The van der Waals surface area contributed by atoms with Gasteiger partial charge in [-0.2, -0.15) is 5.10 Å². The quantitative estimate of drug-likeness (QED) is 0.761. The number of hydrogen-bond acceptors (Lipinski definition) is 3. The molecule has 1 N–H and O–H groups in total. The van der Waals surface area contributed by atoms with Gasteiger partial charge in [-0.1, -0.05) is 18.2 Å². The van der Waals surface area contributed by atoms with Gasteiger partial charge in [0.25, 0.3) is 0 Å². The zero-order valence-corrected chi connectivity index (χ0v) is 13.2. The summed E-state index contributed by atoms with van der Waals surface area (Å²) in [5.74, 6) is 0.0113. The fraction of sp³-hybridized carbons (Fsp3) is 0.412. The number of benzene rings is 1. The maximum absolute atomic E-state index is 11.9. The van der Waals surface area contributed by atoms with Crippen LogP contribution in [0.25, 0.3) is 5.69 Å². The monoisotopic (exact) mass is 301 g/mol. The molecule has 2 rings (SSSR count). The van der Waals surface area contributed by atoms with Gasteiger partial charge in [0.1, 0.15) is 0 Å². The zero-order valence-electron chi connectivity index (χ0n) is 13.2. The van der Waals surface area contributed by atoms with Crippen LogP contribution < -0.4 is 5.32 Å². The Morgan fingerprint density at radius 2 is 2.09 bits per heavy atom. The predicted molar refractivity (Wildman–Crippen MR) is 86.0 cm³/mol. The average molecular weight is 301 g/mol. The summed E-state index contributed by atoms with van der Waals surface area (Å²) in [6, 6.07) is 9.84. The van der Waals surface area contributed by atoms with Gasteiger partial charge in [0, 0.05) is 19.3 Å². The lowest BCUT2D eigenvalue weighted by molar-refractivity contribution is -0.120. The van der Waals surface area contributed by atoms with E-state index in [1.165, 1.54) is 0 Å². The first-order valence-corrected chi connectivity index (χ1v) is 7.62. The van der Waals surface area contributed by atoms with Crippen LogP contribution in [0.4, 0.5) is 0 Å². The molecule has 118 valence electrons. The maximum atomic E-state index is 11.9. The van der Waals surface area contributed by atoms with Gasteiger partial charge < -0.3 is 10.1 Å². The highest BCUT2D eigenvalue weighted by Crippen LogP contribution is 2.08. The third-order valence-electron chi connectivity index (χ3n) is 3.12. The van der Waals surface area contributed by atoms with Crippen molar-refractivity contribution in [3.8, 4) is 5.69 Å². The number of ether oxygens (including phenoxy) is 1. The first-order chi connectivity index (χ1) is 10.6. The van der Waals surface area contributed by atoms with Crippen molar-refractivity contribution in [2.45, 2.75) is 32.8 Å². The minimum absolute atomic E-state index is 0.0113. The van der Waals surface area contributed by atoms with Crippen LogP contribution in [-0.2, 0) is 16.0 Å². The second kappa shape index (κ2) is 8.34. The molecule has 1 amide bonds. The van der Waals surface area contributed by atoms with Crippen molar-refractivity contribution in [3.63, 3.8) is 0 Å². The van der Waals surface area contributed by atoms with Crippen LogP contribution in [0.5, 0.6) is 0 Å². The molecule has 0 fully saturated rings. The molecule has 0 atom stereocenters. The molecule has 0 aliphatic carbocycles. The molecular formula is C17H23N3O2.